The van der Waals surface area contributed by atoms with Crippen LogP contribution in [0.4, 0.5) is 0 Å². The minimum Gasteiger partial charge on any atom is -0.481 e. The van der Waals surface area contributed by atoms with Crippen LogP contribution in [0.1, 0.15) is 25.7 Å². The Labute approximate surface area is 118 Å². The van der Waals surface area contributed by atoms with Crippen molar-refractivity contribution in [3.8, 4) is 0 Å². The first kappa shape index (κ1) is 13.6. The number of nitrogens with zero attached hydrogens (tertiary/aromatic N) is 1. The van der Waals surface area contributed by atoms with E-state index in [9.17, 15) is 19.8 Å². The van der Waals surface area contributed by atoms with Crippen LogP contribution in [-0.2, 0) is 9.59 Å². The number of carbonyl (C=O) groups is 2. The van der Waals surface area contributed by atoms with Gasteiger partial charge in [-0.3, -0.25) is 9.59 Å². The molecule has 2 N–H and O–H groups in total. The summed E-state index contributed by atoms with van der Waals surface area (Å²) in [6.45, 7) is 0.268. The number of aliphatic carboxylic acids is 1. The molecule has 3 rings (SSSR count). The molecular formula is C15H21NO4. The molecule has 5 heteroatoms. The molecule has 4 atom stereocenters. The zero-order valence-corrected chi connectivity index (χ0v) is 11.4. The first-order valence-electron chi connectivity index (χ1n) is 7.46. The molecule has 2 fully saturated rings. The summed E-state index contributed by atoms with van der Waals surface area (Å²) >= 11 is 0. The third-order valence-corrected chi connectivity index (χ3v) is 5.17. The molecule has 5 nitrogen and oxygen atoms in total. The number of aliphatic hydroxyl groups is 1. The van der Waals surface area contributed by atoms with E-state index in [1.165, 1.54) is 0 Å². The van der Waals surface area contributed by atoms with Gasteiger partial charge in [-0.1, -0.05) is 12.2 Å². The molecule has 4 unspecified atom stereocenters. The summed E-state index contributed by atoms with van der Waals surface area (Å²) in [4.78, 5) is 26.0. The van der Waals surface area contributed by atoms with Crippen molar-refractivity contribution in [3.63, 3.8) is 0 Å². The monoisotopic (exact) mass is 279 g/mol. The van der Waals surface area contributed by atoms with Crippen molar-refractivity contribution in [2.24, 2.45) is 23.7 Å². The predicted molar refractivity (Wildman–Crippen MR) is 71.8 cm³/mol. The molecule has 0 heterocycles. The number of carbonyl (C=O) groups excluding carboxylic acids is 1. The fourth-order valence-electron chi connectivity index (χ4n) is 3.97. The van der Waals surface area contributed by atoms with Gasteiger partial charge in [0.2, 0.25) is 5.91 Å². The Morgan fingerprint density at radius 3 is 2.30 bits per heavy atom. The second-order valence-corrected chi connectivity index (χ2v) is 6.18. The molecular weight excluding hydrogens is 258 g/mol. The average Bonchev–Trinajstić information content (AvgIpc) is 2.95. The Morgan fingerprint density at radius 2 is 1.80 bits per heavy atom. The summed E-state index contributed by atoms with van der Waals surface area (Å²) in [5, 5.41) is 18.6. The number of aliphatic hydroxyl groups excluding tert-OH is 1. The zero-order chi connectivity index (χ0) is 14.3. The molecule has 1 amide bonds. The Bertz CT molecular complexity index is 443. The molecule has 0 spiro atoms. The maximum atomic E-state index is 12.8. The van der Waals surface area contributed by atoms with Gasteiger partial charge in [0.15, 0.2) is 0 Å². The van der Waals surface area contributed by atoms with Crippen molar-refractivity contribution in [1.82, 2.24) is 4.90 Å². The van der Waals surface area contributed by atoms with Crippen LogP contribution < -0.4 is 0 Å². The Hall–Kier alpha value is -1.36. The fourth-order valence-corrected chi connectivity index (χ4v) is 3.97. The smallest absolute Gasteiger partial charge is 0.307 e. The van der Waals surface area contributed by atoms with Crippen molar-refractivity contribution < 1.29 is 19.8 Å². The molecule has 3 aliphatic carbocycles. The first-order valence-corrected chi connectivity index (χ1v) is 7.46. The van der Waals surface area contributed by atoms with E-state index in [1.807, 2.05) is 12.2 Å². The van der Waals surface area contributed by atoms with E-state index in [0.717, 1.165) is 25.7 Å². The van der Waals surface area contributed by atoms with Crippen molar-refractivity contribution >= 4 is 11.9 Å². The van der Waals surface area contributed by atoms with Gasteiger partial charge in [0.05, 0.1) is 18.4 Å². The normalized spacial score (nSPS) is 35.0. The standard InChI is InChI=1S/C15H21NO4/c17-7-6-16(11-2-1-3-11)14(18)12-9-4-5-10(8-9)13(12)15(19)20/h4-5,9-13,17H,1-3,6-8H2,(H,19,20). The lowest BCUT2D eigenvalue weighted by molar-refractivity contribution is -0.153. The molecule has 0 aromatic heterocycles. The molecule has 0 saturated heterocycles. The highest BCUT2D eigenvalue weighted by Crippen LogP contribution is 2.49. The molecule has 2 bridgehead atoms. The van der Waals surface area contributed by atoms with Crippen LogP contribution in [0, 0.1) is 23.7 Å². The molecule has 3 aliphatic rings. The predicted octanol–water partition coefficient (Wildman–Crippen LogP) is 0.883. The van der Waals surface area contributed by atoms with Crippen LogP contribution in [-0.4, -0.2) is 46.2 Å². The lowest BCUT2D eigenvalue weighted by Gasteiger charge is -2.40. The summed E-state index contributed by atoms with van der Waals surface area (Å²) in [5.41, 5.74) is 0. The van der Waals surface area contributed by atoms with Crippen LogP contribution in [0.5, 0.6) is 0 Å². The van der Waals surface area contributed by atoms with Gasteiger partial charge in [-0.25, -0.2) is 0 Å². The van der Waals surface area contributed by atoms with Crippen molar-refractivity contribution in [1.29, 1.82) is 0 Å². The van der Waals surface area contributed by atoms with Crippen LogP contribution in [0.2, 0.25) is 0 Å². The highest BCUT2D eigenvalue weighted by Gasteiger charge is 2.53. The van der Waals surface area contributed by atoms with E-state index in [-0.39, 0.29) is 30.4 Å². The van der Waals surface area contributed by atoms with Crippen molar-refractivity contribution in [2.75, 3.05) is 13.2 Å². The number of amides is 1. The fraction of sp³-hybridized carbons (Fsp3) is 0.733. The summed E-state index contributed by atoms with van der Waals surface area (Å²) in [5.74, 6) is -1.88. The van der Waals surface area contributed by atoms with Crippen molar-refractivity contribution in [2.45, 2.75) is 31.7 Å². The van der Waals surface area contributed by atoms with Gasteiger partial charge in [0.1, 0.15) is 0 Å². The maximum absolute atomic E-state index is 12.8. The first-order chi connectivity index (χ1) is 9.63. The van der Waals surface area contributed by atoms with Gasteiger partial charge in [0, 0.05) is 12.6 Å². The Kier molecular flexibility index (Phi) is 3.54. The van der Waals surface area contributed by atoms with Crippen LogP contribution >= 0.6 is 0 Å². The Balaban J connectivity index is 1.80. The van der Waals surface area contributed by atoms with E-state index >= 15 is 0 Å². The number of hydrogen-bond donors (Lipinski definition) is 2. The van der Waals surface area contributed by atoms with E-state index in [0.29, 0.717) is 6.54 Å². The van der Waals surface area contributed by atoms with Crippen LogP contribution in [0.15, 0.2) is 12.2 Å². The Morgan fingerprint density at radius 1 is 1.15 bits per heavy atom. The zero-order valence-electron chi connectivity index (χ0n) is 11.4. The van der Waals surface area contributed by atoms with E-state index in [1.54, 1.807) is 4.90 Å². The third kappa shape index (κ3) is 2.04. The van der Waals surface area contributed by atoms with Gasteiger partial charge >= 0.3 is 5.97 Å². The van der Waals surface area contributed by atoms with E-state index in [2.05, 4.69) is 0 Å². The SMILES string of the molecule is O=C(O)C1C2C=CC(C2)C1C(=O)N(CCO)C1CCC1. The molecule has 0 aromatic rings. The number of allylic oxidation sites excluding steroid dienone is 2. The van der Waals surface area contributed by atoms with E-state index < -0.39 is 17.8 Å². The van der Waals surface area contributed by atoms with Crippen molar-refractivity contribution in [3.05, 3.63) is 12.2 Å². The number of rotatable bonds is 5. The lowest BCUT2D eigenvalue weighted by atomic mass is 9.81. The average molecular weight is 279 g/mol. The van der Waals surface area contributed by atoms with Gasteiger partial charge in [0.25, 0.3) is 0 Å². The van der Waals surface area contributed by atoms with E-state index in [4.69, 9.17) is 0 Å². The van der Waals surface area contributed by atoms with Gasteiger partial charge in [-0.05, 0) is 37.5 Å². The molecule has 0 aromatic carbocycles. The summed E-state index contributed by atoms with van der Waals surface area (Å²) in [6, 6.07) is 0.201. The molecule has 110 valence electrons. The molecule has 20 heavy (non-hydrogen) atoms. The number of fused-ring (bicyclic) bond motifs is 2. The number of hydrogen-bond acceptors (Lipinski definition) is 3. The molecule has 0 aliphatic heterocycles. The number of carboxylic acid groups (broad SMARTS) is 1. The van der Waals surface area contributed by atoms with Gasteiger partial charge in [-0.15, -0.1) is 0 Å². The highest BCUT2D eigenvalue weighted by molar-refractivity contribution is 5.87. The summed E-state index contributed by atoms with van der Waals surface area (Å²) in [6.07, 6.45) is 7.79. The minimum absolute atomic E-state index is 0.00353. The second kappa shape index (κ2) is 5.20. The largest absolute Gasteiger partial charge is 0.481 e. The molecule has 0 radical (unpaired) electrons. The quantitative estimate of drug-likeness (QED) is 0.732. The van der Waals surface area contributed by atoms with Crippen LogP contribution in [0.3, 0.4) is 0 Å². The summed E-state index contributed by atoms with van der Waals surface area (Å²) in [7, 11) is 0. The topological polar surface area (TPSA) is 77.8 Å². The van der Waals surface area contributed by atoms with Gasteiger partial charge in [-0.2, -0.15) is 0 Å². The maximum Gasteiger partial charge on any atom is 0.307 e. The minimum atomic E-state index is -0.863. The second-order valence-electron chi connectivity index (χ2n) is 6.18. The summed E-state index contributed by atoms with van der Waals surface area (Å²) < 4.78 is 0. The highest BCUT2D eigenvalue weighted by atomic mass is 16.4. The lowest BCUT2D eigenvalue weighted by Crippen LogP contribution is -2.50. The van der Waals surface area contributed by atoms with Gasteiger partial charge < -0.3 is 15.1 Å². The molecule has 2 saturated carbocycles. The number of carboxylic acids is 1. The van der Waals surface area contributed by atoms with Crippen LogP contribution in [0.25, 0.3) is 0 Å². The third-order valence-electron chi connectivity index (χ3n) is 5.17.